The highest BCUT2D eigenvalue weighted by atomic mass is 16.7. The van der Waals surface area contributed by atoms with Gasteiger partial charge in [0, 0.05) is 31.3 Å². The molecule has 106 valence electrons. The van der Waals surface area contributed by atoms with Gasteiger partial charge in [0.1, 0.15) is 5.82 Å². The summed E-state index contributed by atoms with van der Waals surface area (Å²) >= 11 is 0. The molecule has 1 aromatic rings. The molecule has 1 N–H and O–H groups in total. The van der Waals surface area contributed by atoms with Crippen molar-refractivity contribution in [2.75, 3.05) is 7.05 Å². The largest absolute Gasteiger partial charge is 0.433 e. The van der Waals surface area contributed by atoms with Crippen LogP contribution < -0.4 is 5.32 Å². The molecule has 0 radical (unpaired) electrons. The minimum absolute atomic E-state index is 0.191. The number of carbonyl (C=O) groups is 1. The molecule has 0 saturated carbocycles. The maximum absolute atomic E-state index is 11.1. The number of rotatable bonds is 4. The van der Waals surface area contributed by atoms with Crippen molar-refractivity contribution in [2.45, 2.75) is 40.7 Å². The van der Waals surface area contributed by atoms with Crippen LogP contribution in [-0.2, 0) is 17.8 Å². The monoisotopic (exact) mass is 266 g/mol. The Kier molecular flexibility index (Phi) is 5.09. The molecule has 1 rings (SSSR count). The third-order valence-electron chi connectivity index (χ3n) is 2.75. The number of imidazole rings is 1. The van der Waals surface area contributed by atoms with Gasteiger partial charge in [-0.2, -0.15) is 0 Å². The van der Waals surface area contributed by atoms with Crippen LogP contribution >= 0.6 is 0 Å². The second-order valence-electron chi connectivity index (χ2n) is 5.24. The normalized spacial score (nSPS) is 12.4. The Morgan fingerprint density at radius 1 is 1.53 bits per heavy atom. The summed E-state index contributed by atoms with van der Waals surface area (Å²) in [6.45, 7) is 8.70. The van der Waals surface area contributed by atoms with Gasteiger partial charge in [-0.3, -0.25) is 4.84 Å². The number of carbonyl (C=O) groups excluding carboxylic acids is 1. The highest BCUT2D eigenvalue weighted by molar-refractivity contribution is 5.89. The van der Waals surface area contributed by atoms with Gasteiger partial charge in [-0.25, -0.2) is 9.78 Å². The van der Waals surface area contributed by atoms with Crippen molar-refractivity contribution in [3.8, 4) is 0 Å². The second-order valence-corrected chi connectivity index (χ2v) is 5.24. The molecule has 19 heavy (non-hydrogen) atoms. The van der Waals surface area contributed by atoms with Crippen LogP contribution in [0.4, 0.5) is 4.79 Å². The number of hydrogen-bond donors (Lipinski definition) is 1. The van der Waals surface area contributed by atoms with Crippen molar-refractivity contribution in [1.82, 2.24) is 14.9 Å². The molecule has 6 heteroatoms. The number of aromatic nitrogens is 2. The lowest BCUT2D eigenvalue weighted by molar-refractivity contribution is 0.151. The maximum atomic E-state index is 11.1. The van der Waals surface area contributed by atoms with E-state index in [1.54, 1.807) is 6.20 Å². The van der Waals surface area contributed by atoms with Gasteiger partial charge in [0.15, 0.2) is 0 Å². The Morgan fingerprint density at radius 3 is 2.74 bits per heavy atom. The zero-order valence-electron chi connectivity index (χ0n) is 12.2. The highest BCUT2D eigenvalue weighted by Gasteiger charge is 2.21. The van der Waals surface area contributed by atoms with E-state index in [0.717, 1.165) is 18.0 Å². The molecular formula is C13H22N4O2. The lowest BCUT2D eigenvalue weighted by atomic mass is 9.90. The van der Waals surface area contributed by atoms with Crippen LogP contribution in [0.25, 0.3) is 0 Å². The predicted molar refractivity (Wildman–Crippen MR) is 74.0 cm³/mol. The Morgan fingerprint density at radius 2 is 2.21 bits per heavy atom. The fraction of sp³-hybridized carbons (Fsp3) is 0.615. The summed E-state index contributed by atoms with van der Waals surface area (Å²) in [6, 6.07) is 0. The Bertz CT molecular complexity index is 457. The smallest absolute Gasteiger partial charge is 0.329 e. The number of nitrogens with one attached hydrogen (secondary N) is 1. The summed E-state index contributed by atoms with van der Waals surface area (Å²) in [5.41, 5.74) is 0.590. The highest BCUT2D eigenvalue weighted by Crippen LogP contribution is 2.18. The molecule has 6 nitrogen and oxygen atoms in total. The van der Waals surface area contributed by atoms with Crippen LogP contribution in [0.3, 0.4) is 0 Å². The van der Waals surface area contributed by atoms with E-state index >= 15 is 0 Å². The number of hydrogen-bond acceptors (Lipinski definition) is 4. The zero-order valence-corrected chi connectivity index (χ0v) is 12.2. The van der Waals surface area contributed by atoms with Gasteiger partial charge in [0.2, 0.25) is 0 Å². The van der Waals surface area contributed by atoms with Crippen molar-refractivity contribution < 1.29 is 9.63 Å². The van der Waals surface area contributed by atoms with Gasteiger partial charge in [-0.15, -0.1) is 0 Å². The van der Waals surface area contributed by atoms with Crippen molar-refractivity contribution in [2.24, 2.45) is 10.6 Å². The number of amides is 1. The average Bonchev–Trinajstić information content (AvgIpc) is 2.79. The van der Waals surface area contributed by atoms with Gasteiger partial charge >= 0.3 is 6.09 Å². The lowest BCUT2D eigenvalue weighted by Crippen LogP contribution is -2.27. The molecule has 0 fully saturated rings. The quantitative estimate of drug-likeness (QED) is 0.516. The van der Waals surface area contributed by atoms with Crippen LogP contribution in [0.15, 0.2) is 17.5 Å². The molecule has 0 atom stereocenters. The summed E-state index contributed by atoms with van der Waals surface area (Å²) in [5, 5.41) is 6.34. The summed E-state index contributed by atoms with van der Waals surface area (Å²) < 4.78 is 2.01. The molecule has 1 aromatic heterocycles. The molecule has 0 aliphatic rings. The minimum Gasteiger partial charge on any atom is -0.329 e. The molecule has 1 amide bonds. The van der Waals surface area contributed by atoms with Crippen molar-refractivity contribution in [3.63, 3.8) is 0 Å². The first-order valence-corrected chi connectivity index (χ1v) is 6.34. The van der Waals surface area contributed by atoms with Crippen molar-refractivity contribution in [3.05, 3.63) is 18.2 Å². The van der Waals surface area contributed by atoms with Gasteiger partial charge < -0.3 is 9.88 Å². The van der Waals surface area contributed by atoms with E-state index in [1.807, 2.05) is 38.5 Å². The van der Waals surface area contributed by atoms with E-state index in [-0.39, 0.29) is 5.41 Å². The molecule has 0 aliphatic heterocycles. The van der Waals surface area contributed by atoms with E-state index in [4.69, 9.17) is 4.84 Å². The van der Waals surface area contributed by atoms with Gasteiger partial charge in [-0.1, -0.05) is 32.9 Å². The Balaban J connectivity index is 2.90. The first-order valence-electron chi connectivity index (χ1n) is 6.34. The van der Waals surface area contributed by atoms with E-state index in [1.165, 1.54) is 7.05 Å². The van der Waals surface area contributed by atoms with Crippen LogP contribution in [0.5, 0.6) is 0 Å². The van der Waals surface area contributed by atoms with Gasteiger partial charge in [-0.05, 0) is 0 Å². The van der Waals surface area contributed by atoms with Crippen LogP contribution in [-0.4, -0.2) is 28.4 Å². The van der Waals surface area contributed by atoms with Crippen molar-refractivity contribution in [1.29, 1.82) is 0 Å². The third-order valence-corrected chi connectivity index (χ3v) is 2.75. The topological polar surface area (TPSA) is 68.5 Å². The second kappa shape index (κ2) is 6.36. The van der Waals surface area contributed by atoms with E-state index < -0.39 is 6.09 Å². The Hall–Kier alpha value is -1.85. The fourth-order valence-electron chi connectivity index (χ4n) is 1.50. The maximum Gasteiger partial charge on any atom is 0.433 e. The summed E-state index contributed by atoms with van der Waals surface area (Å²) in [6.07, 6.45) is 3.95. The molecule has 0 bridgehead atoms. The van der Waals surface area contributed by atoms with Gasteiger partial charge in [0.05, 0.1) is 12.3 Å². The number of aryl methyl sites for hydroxylation is 1. The predicted octanol–water partition coefficient (Wildman–Crippen LogP) is 2.20. The van der Waals surface area contributed by atoms with Crippen molar-refractivity contribution >= 4 is 11.8 Å². The number of oxime groups is 1. The molecule has 0 aliphatic carbocycles. The van der Waals surface area contributed by atoms with E-state index in [0.29, 0.717) is 6.54 Å². The summed E-state index contributed by atoms with van der Waals surface area (Å²) in [4.78, 5) is 20.2. The molecule has 0 saturated heterocycles. The molecule has 0 spiro atoms. The first-order chi connectivity index (χ1) is 8.88. The van der Waals surface area contributed by atoms with Crippen LogP contribution in [0, 0.1) is 5.41 Å². The average molecular weight is 266 g/mol. The molecule has 0 unspecified atom stereocenters. The third kappa shape index (κ3) is 4.39. The SMILES string of the molecule is CCc1nccn1CC(=NOC(=O)NC)C(C)(C)C. The Labute approximate surface area is 113 Å². The fourth-order valence-corrected chi connectivity index (χ4v) is 1.50. The van der Waals surface area contributed by atoms with Crippen LogP contribution in [0.2, 0.25) is 0 Å². The molecular weight excluding hydrogens is 244 g/mol. The molecule has 0 aromatic carbocycles. The number of nitrogens with zero attached hydrogens (tertiary/aromatic N) is 3. The van der Waals surface area contributed by atoms with E-state index in [2.05, 4.69) is 15.5 Å². The summed E-state index contributed by atoms with van der Waals surface area (Å²) in [5.74, 6) is 0.983. The molecule has 1 heterocycles. The first kappa shape index (κ1) is 15.2. The zero-order chi connectivity index (χ0) is 14.5. The van der Waals surface area contributed by atoms with Gasteiger partial charge in [0.25, 0.3) is 0 Å². The van der Waals surface area contributed by atoms with Crippen LogP contribution in [0.1, 0.15) is 33.5 Å². The summed E-state index contributed by atoms with van der Waals surface area (Å²) in [7, 11) is 1.50. The minimum atomic E-state index is -0.567. The van der Waals surface area contributed by atoms with E-state index in [9.17, 15) is 4.79 Å². The lowest BCUT2D eigenvalue weighted by Gasteiger charge is -2.21. The standard InChI is InChI=1S/C13H22N4O2/c1-6-11-15-7-8-17(11)9-10(13(2,3)4)16-19-12(18)14-5/h7-8H,6,9H2,1-5H3,(H,14,18).